The molecule has 1 aliphatic heterocycles. The van der Waals surface area contributed by atoms with Gasteiger partial charge in [-0.3, -0.25) is 4.79 Å². The lowest BCUT2D eigenvalue weighted by atomic mass is 10.0. The minimum atomic E-state index is -0.363. The Bertz CT molecular complexity index is 1090. The van der Waals surface area contributed by atoms with Gasteiger partial charge in [0.1, 0.15) is 23.6 Å². The van der Waals surface area contributed by atoms with Crippen LogP contribution in [0.15, 0.2) is 76.4 Å². The first-order valence-electron chi connectivity index (χ1n) is 8.96. The molecule has 0 unspecified atom stereocenters. The van der Waals surface area contributed by atoms with Crippen molar-refractivity contribution in [2.75, 3.05) is 6.61 Å². The van der Waals surface area contributed by atoms with Crippen LogP contribution in [-0.2, 0) is 4.79 Å². The van der Waals surface area contributed by atoms with E-state index < -0.39 is 0 Å². The van der Waals surface area contributed by atoms with E-state index in [2.05, 4.69) is 5.10 Å². The van der Waals surface area contributed by atoms with Gasteiger partial charge in [-0.25, -0.2) is 5.01 Å². The third-order valence-electron chi connectivity index (χ3n) is 4.57. The van der Waals surface area contributed by atoms with Crippen LogP contribution in [0, 0.1) is 11.3 Å². The summed E-state index contributed by atoms with van der Waals surface area (Å²) in [5.41, 5.74) is 2.01. The lowest BCUT2D eigenvalue weighted by Crippen LogP contribution is -2.31. The summed E-state index contributed by atoms with van der Waals surface area (Å²) in [5.74, 6) is 0.672. The van der Waals surface area contributed by atoms with Crippen molar-refractivity contribution in [1.82, 2.24) is 5.01 Å². The van der Waals surface area contributed by atoms with Crippen molar-refractivity contribution in [2.45, 2.75) is 12.5 Å². The molecule has 0 spiro atoms. The maximum Gasteiger partial charge on any atom is 0.281 e. The maximum atomic E-state index is 12.9. The summed E-state index contributed by atoms with van der Waals surface area (Å²) in [6.45, 7) is -0.243. The molecule has 144 valence electrons. The molecule has 1 aromatic heterocycles. The Hall–Kier alpha value is -3.56. The van der Waals surface area contributed by atoms with Gasteiger partial charge in [-0.2, -0.15) is 10.4 Å². The zero-order valence-electron chi connectivity index (χ0n) is 15.3. The fourth-order valence-corrected chi connectivity index (χ4v) is 3.28. The average molecular weight is 406 g/mol. The van der Waals surface area contributed by atoms with Crippen LogP contribution in [0.2, 0.25) is 5.02 Å². The standard InChI is InChI=1S/C22H16ClN3O3/c23-17-9-7-15(8-10-17)18-12-19(21-6-3-11-28-21)26(25-18)22(27)14-29-20-5-2-1-4-16(20)13-24/h1-11,19H,12,14H2/t19-/m1/s1. The van der Waals surface area contributed by atoms with Gasteiger partial charge in [-0.05, 0) is 42.0 Å². The summed E-state index contributed by atoms with van der Waals surface area (Å²) in [4.78, 5) is 12.9. The molecule has 1 amide bonds. The second kappa shape index (κ2) is 8.21. The summed E-state index contributed by atoms with van der Waals surface area (Å²) in [5, 5.41) is 15.7. The molecule has 0 saturated carbocycles. The molecule has 2 aromatic carbocycles. The van der Waals surface area contributed by atoms with E-state index in [1.54, 1.807) is 48.7 Å². The van der Waals surface area contributed by atoms with Gasteiger partial charge in [0.05, 0.1) is 17.5 Å². The predicted molar refractivity (Wildman–Crippen MR) is 108 cm³/mol. The average Bonchev–Trinajstić information content (AvgIpc) is 3.42. The van der Waals surface area contributed by atoms with E-state index in [4.69, 9.17) is 20.8 Å². The van der Waals surface area contributed by atoms with Crippen molar-refractivity contribution in [3.05, 3.63) is 88.8 Å². The molecule has 6 nitrogen and oxygen atoms in total. The second-order valence-corrected chi connectivity index (χ2v) is 6.86. The number of hydrazone groups is 1. The third kappa shape index (κ3) is 4.00. The monoisotopic (exact) mass is 405 g/mol. The minimum Gasteiger partial charge on any atom is -0.482 e. The Labute approximate surface area is 172 Å². The molecule has 1 aliphatic rings. The Balaban J connectivity index is 1.56. The molecule has 0 fully saturated rings. The van der Waals surface area contributed by atoms with Crippen LogP contribution in [0.25, 0.3) is 0 Å². The smallest absolute Gasteiger partial charge is 0.281 e. The molecular formula is C22H16ClN3O3. The third-order valence-corrected chi connectivity index (χ3v) is 4.83. The number of nitrogens with zero attached hydrogens (tertiary/aromatic N) is 3. The van der Waals surface area contributed by atoms with Crippen molar-refractivity contribution in [2.24, 2.45) is 5.10 Å². The summed E-state index contributed by atoms with van der Waals surface area (Å²) in [7, 11) is 0. The van der Waals surface area contributed by atoms with Crippen LogP contribution >= 0.6 is 11.6 Å². The SMILES string of the molecule is N#Cc1ccccc1OCC(=O)N1N=C(c2ccc(Cl)cc2)C[C@@H]1c1ccco1. The normalized spacial score (nSPS) is 15.7. The van der Waals surface area contributed by atoms with Crippen LogP contribution in [0.4, 0.5) is 0 Å². The van der Waals surface area contributed by atoms with E-state index >= 15 is 0 Å². The van der Waals surface area contributed by atoms with Crippen molar-refractivity contribution in [3.8, 4) is 11.8 Å². The summed E-state index contributed by atoms with van der Waals surface area (Å²) >= 11 is 5.97. The molecule has 0 saturated heterocycles. The van der Waals surface area contributed by atoms with Gasteiger partial charge in [0.2, 0.25) is 0 Å². The van der Waals surface area contributed by atoms with Gasteiger partial charge in [-0.1, -0.05) is 35.9 Å². The number of carbonyl (C=O) groups is 1. The van der Waals surface area contributed by atoms with E-state index in [1.807, 2.05) is 24.3 Å². The Morgan fingerprint density at radius 3 is 2.72 bits per heavy atom. The number of halogens is 1. The van der Waals surface area contributed by atoms with E-state index in [0.717, 1.165) is 11.3 Å². The largest absolute Gasteiger partial charge is 0.482 e. The van der Waals surface area contributed by atoms with Gasteiger partial charge in [0.25, 0.3) is 5.91 Å². The fraction of sp³-hybridized carbons (Fsp3) is 0.136. The Kier molecular flexibility index (Phi) is 5.32. The summed E-state index contributed by atoms with van der Waals surface area (Å²) in [6, 6.07) is 19.4. The number of furan rings is 1. The Morgan fingerprint density at radius 2 is 2.00 bits per heavy atom. The molecule has 7 heteroatoms. The summed E-state index contributed by atoms with van der Waals surface area (Å²) in [6.07, 6.45) is 2.08. The molecule has 2 heterocycles. The van der Waals surface area contributed by atoms with Gasteiger partial charge in [0, 0.05) is 11.4 Å². The first-order chi connectivity index (χ1) is 14.2. The first-order valence-corrected chi connectivity index (χ1v) is 9.34. The number of nitriles is 1. The highest BCUT2D eigenvalue weighted by atomic mass is 35.5. The van der Waals surface area contributed by atoms with Crippen molar-refractivity contribution in [3.63, 3.8) is 0 Å². The van der Waals surface area contributed by atoms with Gasteiger partial charge < -0.3 is 9.15 Å². The van der Waals surface area contributed by atoms with Gasteiger partial charge in [0.15, 0.2) is 6.61 Å². The van der Waals surface area contributed by atoms with E-state index in [9.17, 15) is 10.1 Å². The van der Waals surface area contributed by atoms with Crippen molar-refractivity contribution < 1.29 is 13.9 Å². The lowest BCUT2D eigenvalue weighted by molar-refractivity contribution is -0.135. The lowest BCUT2D eigenvalue weighted by Gasteiger charge is -2.20. The molecule has 4 rings (SSSR count). The van der Waals surface area contributed by atoms with E-state index in [1.165, 1.54) is 5.01 Å². The molecule has 1 atom stereocenters. The van der Waals surface area contributed by atoms with Crippen LogP contribution in [0.5, 0.6) is 5.75 Å². The first kappa shape index (κ1) is 18.8. The Morgan fingerprint density at radius 1 is 1.21 bits per heavy atom. The second-order valence-electron chi connectivity index (χ2n) is 6.42. The number of ether oxygens (including phenoxy) is 1. The zero-order chi connectivity index (χ0) is 20.2. The fourth-order valence-electron chi connectivity index (χ4n) is 3.15. The molecule has 0 radical (unpaired) electrons. The summed E-state index contributed by atoms with van der Waals surface area (Å²) < 4.78 is 11.1. The number of hydrogen-bond donors (Lipinski definition) is 0. The predicted octanol–water partition coefficient (Wildman–Crippen LogP) is 4.56. The number of carbonyl (C=O) groups excluding carboxylic acids is 1. The highest BCUT2D eigenvalue weighted by Gasteiger charge is 2.35. The number of para-hydroxylation sites is 1. The molecule has 29 heavy (non-hydrogen) atoms. The minimum absolute atomic E-state index is 0.243. The van der Waals surface area contributed by atoms with Crippen LogP contribution in [-0.4, -0.2) is 23.2 Å². The van der Waals surface area contributed by atoms with Crippen LogP contribution in [0.1, 0.15) is 29.3 Å². The molecule has 0 bridgehead atoms. The number of benzene rings is 2. The molecular weight excluding hydrogens is 390 g/mol. The topological polar surface area (TPSA) is 78.8 Å². The molecule has 0 aliphatic carbocycles. The van der Waals surface area contributed by atoms with Crippen molar-refractivity contribution in [1.29, 1.82) is 5.26 Å². The quantitative estimate of drug-likeness (QED) is 0.623. The van der Waals surface area contributed by atoms with E-state index in [-0.39, 0.29) is 18.6 Å². The highest BCUT2D eigenvalue weighted by Crippen LogP contribution is 2.33. The number of rotatable bonds is 5. The van der Waals surface area contributed by atoms with Crippen molar-refractivity contribution >= 4 is 23.2 Å². The number of hydrogen-bond acceptors (Lipinski definition) is 5. The van der Waals surface area contributed by atoms with Gasteiger partial charge in [-0.15, -0.1) is 0 Å². The zero-order valence-corrected chi connectivity index (χ0v) is 16.0. The molecule has 0 N–H and O–H groups in total. The maximum absolute atomic E-state index is 12.9. The molecule has 3 aromatic rings. The van der Waals surface area contributed by atoms with Crippen LogP contribution < -0.4 is 4.74 Å². The van der Waals surface area contributed by atoms with Crippen LogP contribution in [0.3, 0.4) is 0 Å². The number of amides is 1. The highest BCUT2D eigenvalue weighted by molar-refractivity contribution is 6.30. The van der Waals surface area contributed by atoms with E-state index in [0.29, 0.717) is 28.5 Å². The van der Waals surface area contributed by atoms with Gasteiger partial charge >= 0.3 is 0 Å².